The number of nitrogens with one attached hydrogen (secondary N) is 2. The lowest BCUT2D eigenvalue weighted by Crippen LogP contribution is -2.42. The van der Waals surface area contributed by atoms with Crippen molar-refractivity contribution in [1.29, 1.82) is 0 Å². The summed E-state index contributed by atoms with van der Waals surface area (Å²) in [5, 5.41) is 5.28. The predicted octanol–water partition coefficient (Wildman–Crippen LogP) is 2.64. The molecule has 1 heterocycles. The van der Waals surface area contributed by atoms with Crippen molar-refractivity contribution >= 4 is 33.6 Å². The van der Waals surface area contributed by atoms with Crippen LogP contribution in [0.4, 0.5) is 10.5 Å². The second kappa shape index (κ2) is 8.84. The molecule has 0 saturated carbocycles. The van der Waals surface area contributed by atoms with Crippen LogP contribution in [0.25, 0.3) is 0 Å². The highest BCUT2D eigenvalue weighted by molar-refractivity contribution is 7.89. The Morgan fingerprint density at radius 1 is 1.03 bits per heavy atom. The molecule has 1 fully saturated rings. The maximum absolute atomic E-state index is 13.1. The molecule has 1 aliphatic rings. The van der Waals surface area contributed by atoms with Gasteiger partial charge in [-0.2, -0.15) is 0 Å². The van der Waals surface area contributed by atoms with E-state index in [1.54, 1.807) is 6.92 Å². The van der Waals surface area contributed by atoms with Gasteiger partial charge in [-0.15, -0.1) is 0 Å². The van der Waals surface area contributed by atoms with Crippen LogP contribution in [0.5, 0.6) is 0 Å². The first-order valence-corrected chi connectivity index (χ1v) is 12.2. The summed E-state index contributed by atoms with van der Waals surface area (Å²) in [6.07, 6.45) is 0. The highest BCUT2D eigenvalue weighted by atomic mass is 32.2. The van der Waals surface area contributed by atoms with Gasteiger partial charge in [0.1, 0.15) is 12.1 Å². The molecule has 1 saturated heterocycles. The molecule has 0 radical (unpaired) electrons. The van der Waals surface area contributed by atoms with Crippen LogP contribution in [-0.4, -0.2) is 56.1 Å². The number of imide groups is 1. The van der Waals surface area contributed by atoms with Crippen LogP contribution in [0.15, 0.2) is 53.4 Å². The summed E-state index contributed by atoms with van der Waals surface area (Å²) in [6.45, 7) is 7.39. The minimum absolute atomic E-state index is 0.0542. The molecule has 2 N–H and O–H groups in total. The third-order valence-electron chi connectivity index (χ3n) is 5.82. The third kappa shape index (κ3) is 4.83. The summed E-state index contributed by atoms with van der Waals surface area (Å²) in [6, 6.07) is 12.5. The minimum atomic E-state index is -3.59. The zero-order chi connectivity index (χ0) is 25.5. The molecule has 2 aromatic rings. The van der Waals surface area contributed by atoms with E-state index in [2.05, 4.69) is 31.4 Å². The van der Waals surface area contributed by atoms with E-state index in [4.69, 9.17) is 0 Å². The molecule has 0 aromatic heterocycles. The Hall–Kier alpha value is -3.24. The summed E-state index contributed by atoms with van der Waals surface area (Å²) in [7, 11) is -0.738. The van der Waals surface area contributed by atoms with Crippen molar-refractivity contribution in [2.24, 2.45) is 0 Å². The van der Waals surface area contributed by atoms with Crippen molar-refractivity contribution in [3.05, 3.63) is 59.7 Å². The molecule has 0 spiro atoms. The first kappa shape index (κ1) is 25.4. The fourth-order valence-corrected chi connectivity index (χ4v) is 4.51. The number of anilines is 1. The molecule has 0 aliphatic carbocycles. The molecule has 0 unspecified atom stereocenters. The number of urea groups is 1. The molecule has 10 heteroatoms. The van der Waals surface area contributed by atoms with Gasteiger partial charge in [-0.25, -0.2) is 17.5 Å². The molecule has 0 bridgehead atoms. The molecule has 182 valence electrons. The maximum Gasteiger partial charge on any atom is 0.325 e. The summed E-state index contributed by atoms with van der Waals surface area (Å²) >= 11 is 0. The van der Waals surface area contributed by atoms with Crippen LogP contribution >= 0.6 is 0 Å². The Balaban J connectivity index is 1.71. The molecule has 1 aliphatic heterocycles. The lowest BCUT2D eigenvalue weighted by atomic mass is 9.84. The van der Waals surface area contributed by atoms with E-state index in [1.165, 1.54) is 38.4 Å². The zero-order valence-corrected chi connectivity index (χ0v) is 21.0. The Bertz CT molecular complexity index is 1220. The molecular weight excluding hydrogens is 456 g/mol. The molecular formula is C24H30N4O5S. The van der Waals surface area contributed by atoms with E-state index >= 15 is 0 Å². The quantitative estimate of drug-likeness (QED) is 0.609. The average Bonchev–Trinajstić information content (AvgIpc) is 2.97. The van der Waals surface area contributed by atoms with Gasteiger partial charge in [0.05, 0.1) is 4.90 Å². The Morgan fingerprint density at radius 2 is 1.59 bits per heavy atom. The first-order valence-electron chi connectivity index (χ1n) is 10.7. The van der Waals surface area contributed by atoms with Crippen LogP contribution in [0.1, 0.15) is 38.8 Å². The maximum atomic E-state index is 13.1. The van der Waals surface area contributed by atoms with Crippen molar-refractivity contribution < 1.29 is 22.8 Å². The monoisotopic (exact) mass is 486 g/mol. The van der Waals surface area contributed by atoms with Gasteiger partial charge in [-0.1, -0.05) is 45.0 Å². The molecule has 34 heavy (non-hydrogen) atoms. The number of carbonyl (C=O) groups is 3. The Morgan fingerprint density at radius 3 is 2.09 bits per heavy atom. The molecule has 2 aromatic carbocycles. The van der Waals surface area contributed by atoms with Crippen molar-refractivity contribution in [2.45, 2.75) is 43.5 Å². The number of amides is 4. The summed E-state index contributed by atoms with van der Waals surface area (Å²) in [4.78, 5) is 39.2. The lowest BCUT2D eigenvalue weighted by Gasteiger charge is -2.24. The second-order valence-electron chi connectivity index (χ2n) is 9.63. The summed E-state index contributed by atoms with van der Waals surface area (Å²) in [5.41, 5.74) is 0.726. The van der Waals surface area contributed by atoms with E-state index < -0.39 is 40.0 Å². The van der Waals surface area contributed by atoms with E-state index in [1.807, 2.05) is 24.3 Å². The van der Waals surface area contributed by atoms with Gasteiger partial charge in [-0.05, 0) is 47.7 Å². The number of hydrogen-bond acceptors (Lipinski definition) is 5. The average molecular weight is 487 g/mol. The predicted molar refractivity (Wildman–Crippen MR) is 129 cm³/mol. The SMILES string of the molecule is CN(C)S(=O)(=O)c1ccc(NC(=O)CN2C(=O)N[C@](C)(c3ccc(C(C)(C)C)cc3)C2=O)cc1. The fraction of sp³-hybridized carbons (Fsp3) is 0.375. The van der Waals surface area contributed by atoms with Crippen molar-refractivity contribution in [3.8, 4) is 0 Å². The van der Waals surface area contributed by atoms with Gasteiger partial charge in [0.25, 0.3) is 5.91 Å². The van der Waals surface area contributed by atoms with Crippen LogP contribution in [0.3, 0.4) is 0 Å². The summed E-state index contributed by atoms with van der Waals surface area (Å²) in [5.74, 6) is -1.11. The zero-order valence-electron chi connectivity index (χ0n) is 20.2. The largest absolute Gasteiger partial charge is 0.325 e. The highest BCUT2D eigenvalue weighted by Crippen LogP contribution is 2.31. The van der Waals surface area contributed by atoms with Gasteiger partial charge in [0, 0.05) is 19.8 Å². The van der Waals surface area contributed by atoms with Gasteiger partial charge < -0.3 is 10.6 Å². The van der Waals surface area contributed by atoms with Crippen molar-refractivity contribution in [1.82, 2.24) is 14.5 Å². The van der Waals surface area contributed by atoms with Crippen LogP contribution in [-0.2, 0) is 30.6 Å². The fourth-order valence-electron chi connectivity index (χ4n) is 3.60. The van der Waals surface area contributed by atoms with Gasteiger partial charge in [0.2, 0.25) is 15.9 Å². The van der Waals surface area contributed by atoms with Crippen molar-refractivity contribution in [2.75, 3.05) is 26.0 Å². The van der Waals surface area contributed by atoms with Crippen LogP contribution < -0.4 is 10.6 Å². The number of hydrogen-bond donors (Lipinski definition) is 2. The van der Waals surface area contributed by atoms with Gasteiger partial charge in [0.15, 0.2) is 0 Å². The topological polar surface area (TPSA) is 116 Å². The Labute approximate surface area is 200 Å². The van der Waals surface area contributed by atoms with Gasteiger partial charge in [-0.3, -0.25) is 14.5 Å². The number of benzene rings is 2. The number of carbonyl (C=O) groups excluding carboxylic acids is 3. The number of rotatable bonds is 6. The number of sulfonamides is 1. The van der Waals surface area contributed by atoms with Gasteiger partial charge >= 0.3 is 6.03 Å². The highest BCUT2D eigenvalue weighted by Gasteiger charge is 2.49. The molecule has 4 amide bonds. The van der Waals surface area contributed by atoms with Crippen LogP contribution in [0.2, 0.25) is 0 Å². The van der Waals surface area contributed by atoms with E-state index in [-0.39, 0.29) is 10.3 Å². The van der Waals surface area contributed by atoms with E-state index in [0.29, 0.717) is 11.3 Å². The minimum Gasteiger partial charge on any atom is -0.325 e. The third-order valence-corrected chi connectivity index (χ3v) is 7.65. The summed E-state index contributed by atoms with van der Waals surface area (Å²) < 4.78 is 25.4. The van der Waals surface area contributed by atoms with E-state index in [0.717, 1.165) is 14.8 Å². The molecule has 1 atom stereocenters. The first-order chi connectivity index (χ1) is 15.7. The Kier molecular flexibility index (Phi) is 6.60. The van der Waals surface area contributed by atoms with Crippen molar-refractivity contribution in [3.63, 3.8) is 0 Å². The molecule has 3 rings (SSSR count). The second-order valence-corrected chi connectivity index (χ2v) is 11.8. The standard InChI is InChI=1S/C24H30N4O5S/c1-23(2,3)16-7-9-17(10-8-16)24(4)21(30)28(22(31)26-24)15-20(29)25-18-11-13-19(14-12-18)34(32,33)27(5)6/h7-14H,15H2,1-6H3,(H,25,29)(H,26,31)/t24-/m1/s1. The van der Waals surface area contributed by atoms with Crippen LogP contribution in [0, 0.1) is 0 Å². The van der Waals surface area contributed by atoms with E-state index in [9.17, 15) is 22.8 Å². The molecule has 9 nitrogen and oxygen atoms in total. The number of nitrogens with zero attached hydrogens (tertiary/aromatic N) is 2. The smallest absolute Gasteiger partial charge is 0.325 e. The lowest BCUT2D eigenvalue weighted by molar-refractivity contribution is -0.133. The normalized spacial score (nSPS) is 18.9.